The standard InChI is InChI=1S/C15H21NO4/c1-10(2)8-16-15(3,14(17)18-4)11-5-6-12-13(7-11)20-9-19-12/h5-7,10,16H,8-9H2,1-4H3. The van der Waals surface area contributed by atoms with Crippen molar-refractivity contribution < 1.29 is 19.0 Å². The molecule has 0 bridgehead atoms. The first kappa shape index (κ1) is 14.7. The number of carbonyl (C=O) groups excluding carboxylic acids is 1. The molecule has 2 rings (SSSR count). The van der Waals surface area contributed by atoms with Crippen LogP contribution < -0.4 is 14.8 Å². The van der Waals surface area contributed by atoms with Crippen molar-refractivity contribution in [3.8, 4) is 11.5 Å². The van der Waals surface area contributed by atoms with Gasteiger partial charge < -0.3 is 14.2 Å². The lowest BCUT2D eigenvalue weighted by Gasteiger charge is -2.29. The van der Waals surface area contributed by atoms with Gasteiger partial charge in [0.1, 0.15) is 5.54 Å². The smallest absolute Gasteiger partial charge is 0.330 e. The molecule has 1 heterocycles. The van der Waals surface area contributed by atoms with E-state index in [1.54, 1.807) is 0 Å². The average molecular weight is 279 g/mol. The Kier molecular flexibility index (Phi) is 4.18. The predicted molar refractivity (Wildman–Crippen MR) is 74.8 cm³/mol. The highest BCUT2D eigenvalue weighted by molar-refractivity contribution is 5.82. The minimum absolute atomic E-state index is 0.215. The highest BCUT2D eigenvalue weighted by Gasteiger charge is 2.37. The molecule has 110 valence electrons. The summed E-state index contributed by atoms with van der Waals surface area (Å²) in [5.74, 6) is 1.46. The van der Waals surface area contributed by atoms with Crippen LogP contribution in [0.2, 0.25) is 0 Å². The number of ether oxygens (including phenoxy) is 3. The highest BCUT2D eigenvalue weighted by atomic mass is 16.7. The second-order valence-corrected chi connectivity index (χ2v) is 5.46. The summed E-state index contributed by atoms with van der Waals surface area (Å²) in [5, 5.41) is 3.28. The van der Waals surface area contributed by atoms with Crippen LogP contribution in [0.1, 0.15) is 26.3 Å². The largest absolute Gasteiger partial charge is 0.467 e. The van der Waals surface area contributed by atoms with Crippen LogP contribution in [-0.4, -0.2) is 26.4 Å². The van der Waals surface area contributed by atoms with Gasteiger partial charge in [0.2, 0.25) is 6.79 Å². The minimum Gasteiger partial charge on any atom is -0.467 e. The number of benzene rings is 1. The van der Waals surface area contributed by atoms with Crippen LogP contribution in [0.3, 0.4) is 0 Å². The van der Waals surface area contributed by atoms with Gasteiger partial charge in [0.25, 0.3) is 0 Å². The van der Waals surface area contributed by atoms with Gasteiger partial charge in [0.05, 0.1) is 7.11 Å². The second-order valence-electron chi connectivity index (χ2n) is 5.46. The molecule has 20 heavy (non-hydrogen) atoms. The molecule has 1 unspecified atom stereocenters. The molecule has 1 aromatic carbocycles. The number of nitrogens with one attached hydrogen (secondary N) is 1. The lowest BCUT2D eigenvalue weighted by molar-refractivity contribution is -0.148. The Hall–Kier alpha value is -1.75. The minimum atomic E-state index is -0.903. The number of carbonyl (C=O) groups is 1. The van der Waals surface area contributed by atoms with Crippen LogP contribution in [0, 0.1) is 5.92 Å². The van der Waals surface area contributed by atoms with E-state index in [2.05, 4.69) is 19.2 Å². The summed E-state index contributed by atoms with van der Waals surface area (Å²) < 4.78 is 15.6. The molecular weight excluding hydrogens is 258 g/mol. The summed E-state index contributed by atoms with van der Waals surface area (Å²) in [6, 6.07) is 5.50. The first-order valence-corrected chi connectivity index (χ1v) is 6.71. The molecule has 1 aliphatic heterocycles. The van der Waals surface area contributed by atoms with E-state index in [-0.39, 0.29) is 12.8 Å². The molecule has 0 amide bonds. The quantitative estimate of drug-likeness (QED) is 0.836. The Bertz CT molecular complexity index is 501. The molecule has 5 heteroatoms. The number of fused-ring (bicyclic) bond motifs is 1. The van der Waals surface area contributed by atoms with E-state index in [1.165, 1.54) is 7.11 Å². The van der Waals surface area contributed by atoms with Crippen molar-refractivity contribution in [3.05, 3.63) is 23.8 Å². The maximum atomic E-state index is 12.2. The van der Waals surface area contributed by atoms with Crippen LogP contribution >= 0.6 is 0 Å². The Morgan fingerprint density at radius 3 is 2.75 bits per heavy atom. The third kappa shape index (κ3) is 2.72. The van der Waals surface area contributed by atoms with Crippen LogP contribution in [0.15, 0.2) is 18.2 Å². The summed E-state index contributed by atoms with van der Waals surface area (Å²) in [6.07, 6.45) is 0. The third-order valence-electron chi connectivity index (χ3n) is 3.41. The van der Waals surface area contributed by atoms with E-state index in [0.717, 1.165) is 5.56 Å². The Balaban J connectivity index is 2.33. The van der Waals surface area contributed by atoms with E-state index >= 15 is 0 Å². The first-order valence-electron chi connectivity index (χ1n) is 6.71. The van der Waals surface area contributed by atoms with E-state index in [9.17, 15) is 4.79 Å². The lowest BCUT2D eigenvalue weighted by atomic mass is 9.91. The van der Waals surface area contributed by atoms with E-state index in [0.29, 0.717) is 24.0 Å². The van der Waals surface area contributed by atoms with Gasteiger partial charge >= 0.3 is 5.97 Å². The van der Waals surface area contributed by atoms with Gasteiger partial charge in [-0.1, -0.05) is 19.9 Å². The molecule has 1 aliphatic rings. The highest BCUT2D eigenvalue weighted by Crippen LogP contribution is 2.36. The Labute approximate surface area is 119 Å². The van der Waals surface area contributed by atoms with Gasteiger partial charge in [-0.2, -0.15) is 0 Å². The van der Waals surface area contributed by atoms with Crippen LogP contribution in [0.25, 0.3) is 0 Å². The van der Waals surface area contributed by atoms with Crippen LogP contribution in [0.4, 0.5) is 0 Å². The van der Waals surface area contributed by atoms with Gasteiger partial charge in [-0.3, -0.25) is 5.32 Å². The number of rotatable bonds is 5. The first-order chi connectivity index (χ1) is 9.47. The Morgan fingerprint density at radius 2 is 2.10 bits per heavy atom. The van der Waals surface area contributed by atoms with Crippen molar-refractivity contribution in [2.45, 2.75) is 26.3 Å². The second kappa shape index (κ2) is 5.71. The maximum Gasteiger partial charge on any atom is 0.330 e. The normalized spacial score (nSPS) is 16.1. The summed E-state index contributed by atoms with van der Waals surface area (Å²) in [4.78, 5) is 12.2. The van der Waals surface area contributed by atoms with Crippen molar-refractivity contribution >= 4 is 5.97 Å². The van der Waals surface area contributed by atoms with Crippen LogP contribution in [-0.2, 0) is 15.1 Å². The van der Waals surface area contributed by atoms with Crippen molar-refractivity contribution in [1.29, 1.82) is 0 Å². The zero-order valence-corrected chi connectivity index (χ0v) is 12.4. The number of hydrogen-bond acceptors (Lipinski definition) is 5. The van der Waals surface area contributed by atoms with Crippen molar-refractivity contribution in [3.63, 3.8) is 0 Å². The number of esters is 1. The zero-order chi connectivity index (χ0) is 14.8. The van der Waals surface area contributed by atoms with Gasteiger partial charge in [0, 0.05) is 0 Å². The summed E-state index contributed by atoms with van der Waals surface area (Å²) in [7, 11) is 1.39. The van der Waals surface area contributed by atoms with E-state index in [1.807, 2.05) is 25.1 Å². The number of hydrogen-bond donors (Lipinski definition) is 1. The maximum absolute atomic E-state index is 12.2. The molecule has 1 N–H and O–H groups in total. The summed E-state index contributed by atoms with van der Waals surface area (Å²) >= 11 is 0. The monoisotopic (exact) mass is 279 g/mol. The molecule has 0 fully saturated rings. The Morgan fingerprint density at radius 1 is 1.40 bits per heavy atom. The van der Waals surface area contributed by atoms with E-state index in [4.69, 9.17) is 14.2 Å². The molecule has 1 atom stereocenters. The predicted octanol–water partition coefficient (Wildman–Crippen LogP) is 2.05. The molecule has 0 aromatic heterocycles. The van der Waals surface area contributed by atoms with Crippen molar-refractivity contribution in [2.75, 3.05) is 20.4 Å². The van der Waals surface area contributed by atoms with E-state index < -0.39 is 5.54 Å². The topological polar surface area (TPSA) is 56.8 Å². The SMILES string of the molecule is COC(=O)C(C)(NCC(C)C)c1ccc2c(c1)OCO2. The summed E-state index contributed by atoms with van der Waals surface area (Å²) in [6.45, 7) is 6.92. The zero-order valence-electron chi connectivity index (χ0n) is 12.4. The molecule has 0 saturated carbocycles. The van der Waals surface area contributed by atoms with Gasteiger partial charge in [-0.05, 0) is 37.1 Å². The molecule has 0 aliphatic carbocycles. The third-order valence-corrected chi connectivity index (χ3v) is 3.41. The fourth-order valence-corrected chi connectivity index (χ4v) is 2.11. The lowest BCUT2D eigenvalue weighted by Crippen LogP contribution is -2.48. The average Bonchev–Trinajstić information content (AvgIpc) is 2.91. The molecular formula is C15H21NO4. The summed E-state index contributed by atoms with van der Waals surface area (Å²) in [5.41, 5.74) is -0.103. The molecule has 0 spiro atoms. The number of methoxy groups -OCH3 is 1. The molecule has 0 saturated heterocycles. The van der Waals surface area contributed by atoms with Gasteiger partial charge in [0.15, 0.2) is 11.5 Å². The molecule has 0 radical (unpaired) electrons. The van der Waals surface area contributed by atoms with Crippen molar-refractivity contribution in [2.24, 2.45) is 5.92 Å². The van der Waals surface area contributed by atoms with Gasteiger partial charge in [-0.25, -0.2) is 4.79 Å². The van der Waals surface area contributed by atoms with Crippen LogP contribution in [0.5, 0.6) is 11.5 Å². The van der Waals surface area contributed by atoms with Gasteiger partial charge in [-0.15, -0.1) is 0 Å². The molecule has 5 nitrogen and oxygen atoms in total. The fraction of sp³-hybridized carbons (Fsp3) is 0.533. The van der Waals surface area contributed by atoms with Crippen molar-refractivity contribution in [1.82, 2.24) is 5.32 Å². The fourth-order valence-electron chi connectivity index (χ4n) is 2.11. The molecule has 1 aromatic rings.